The Bertz CT molecular complexity index is 577. The molecule has 2 rings (SSSR count). The Morgan fingerprint density at radius 3 is 2.83 bits per heavy atom. The van der Waals surface area contributed by atoms with Gasteiger partial charge in [-0.15, -0.1) is 11.3 Å². The highest BCUT2D eigenvalue weighted by molar-refractivity contribution is 7.09. The van der Waals surface area contributed by atoms with Gasteiger partial charge < -0.3 is 11.1 Å². The molecule has 3 N–H and O–H groups in total. The third kappa shape index (κ3) is 2.87. The summed E-state index contributed by atoms with van der Waals surface area (Å²) < 4.78 is 0. The molecule has 18 heavy (non-hydrogen) atoms. The number of nitrogens with one attached hydrogen (secondary N) is 1. The van der Waals surface area contributed by atoms with Gasteiger partial charge in [-0.2, -0.15) is 0 Å². The van der Waals surface area contributed by atoms with Gasteiger partial charge in [0.05, 0.1) is 17.2 Å². The number of hydrogen-bond donors (Lipinski definition) is 2. The number of rotatable bonds is 4. The predicted octanol–water partition coefficient (Wildman–Crippen LogP) is 2.85. The summed E-state index contributed by atoms with van der Waals surface area (Å²) in [7, 11) is 0. The Labute approximate surface area is 110 Å². The van der Waals surface area contributed by atoms with Gasteiger partial charge in [0.25, 0.3) is 0 Å². The number of anilines is 2. The molecule has 0 spiro atoms. The monoisotopic (exact) mass is 261 g/mol. The van der Waals surface area contributed by atoms with Crippen LogP contribution in [0.2, 0.25) is 0 Å². The Balaban J connectivity index is 2.06. The maximum Gasteiger partial charge on any atom is 0.161 e. The quantitative estimate of drug-likeness (QED) is 0.656. The lowest BCUT2D eigenvalue weighted by atomic mass is 10.1. The molecule has 2 aromatic rings. The lowest BCUT2D eigenvalue weighted by molar-refractivity contribution is 0.101. The van der Waals surface area contributed by atoms with Crippen LogP contribution in [0.3, 0.4) is 0 Å². The number of benzene rings is 1. The van der Waals surface area contributed by atoms with Crippen LogP contribution in [0, 0.1) is 6.92 Å². The molecule has 0 unspecified atom stereocenters. The highest BCUT2D eigenvalue weighted by Gasteiger charge is 2.05. The van der Waals surface area contributed by atoms with Crippen LogP contribution in [0.25, 0.3) is 0 Å². The molecule has 0 amide bonds. The van der Waals surface area contributed by atoms with Gasteiger partial charge >= 0.3 is 0 Å². The van der Waals surface area contributed by atoms with Gasteiger partial charge in [0.15, 0.2) is 5.78 Å². The van der Waals surface area contributed by atoms with E-state index in [0.29, 0.717) is 17.8 Å². The fourth-order valence-electron chi connectivity index (χ4n) is 1.68. The first-order valence-electron chi connectivity index (χ1n) is 5.61. The summed E-state index contributed by atoms with van der Waals surface area (Å²) in [6.07, 6.45) is 0. The largest absolute Gasteiger partial charge is 0.398 e. The molecule has 0 aliphatic carbocycles. The summed E-state index contributed by atoms with van der Waals surface area (Å²) >= 11 is 1.63. The number of ketones is 1. The van der Waals surface area contributed by atoms with E-state index in [1.54, 1.807) is 23.5 Å². The molecule has 5 heteroatoms. The second kappa shape index (κ2) is 5.18. The van der Waals surface area contributed by atoms with Gasteiger partial charge in [-0.25, -0.2) is 4.98 Å². The first-order chi connectivity index (χ1) is 8.56. The number of aryl methyl sites for hydroxylation is 1. The minimum absolute atomic E-state index is 0.0193. The highest BCUT2D eigenvalue weighted by atomic mass is 32.1. The van der Waals surface area contributed by atoms with Crippen LogP contribution in [0.5, 0.6) is 0 Å². The zero-order chi connectivity index (χ0) is 13.1. The van der Waals surface area contributed by atoms with Crippen molar-refractivity contribution in [1.82, 2.24) is 4.98 Å². The average Bonchev–Trinajstić information content (AvgIpc) is 2.72. The molecule has 0 saturated heterocycles. The number of thiazole rings is 1. The van der Waals surface area contributed by atoms with E-state index in [1.165, 1.54) is 6.92 Å². The van der Waals surface area contributed by atoms with Crippen molar-refractivity contribution in [3.05, 3.63) is 39.8 Å². The van der Waals surface area contributed by atoms with Gasteiger partial charge in [0.2, 0.25) is 0 Å². The molecular weight excluding hydrogens is 246 g/mol. The van der Waals surface area contributed by atoms with E-state index < -0.39 is 0 Å². The Kier molecular flexibility index (Phi) is 3.62. The summed E-state index contributed by atoms with van der Waals surface area (Å²) in [6, 6.07) is 5.37. The van der Waals surface area contributed by atoms with Crippen LogP contribution < -0.4 is 11.1 Å². The number of nitrogen functional groups attached to an aromatic ring is 1. The summed E-state index contributed by atoms with van der Waals surface area (Å²) in [6.45, 7) is 4.15. The van der Waals surface area contributed by atoms with Gasteiger partial charge in [-0.1, -0.05) is 0 Å². The lowest BCUT2D eigenvalue weighted by Gasteiger charge is -2.07. The second-order valence-corrected chi connectivity index (χ2v) is 5.13. The van der Waals surface area contributed by atoms with Gasteiger partial charge in [-0.3, -0.25) is 4.79 Å². The summed E-state index contributed by atoms with van der Waals surface area (Å²) in [5, 5.41) is 6.31. The van der Waals surface area contributed by atoms with Crippen molar-refractivity contribution < 1.29 is 4.79 Å². The SMILES string of the molecule is CC(=O)c1ccc(NCc2csc(C)n2)cc1N. The summed E-state index contributed by atoms with van der Waals surface area (Å²) in [5.41, 5.74) is 8.78. The maximum absolute atomic E-state index is 11.3. The molecule has 0 fully saturated rings. The average molecular weight is 261 g/mol. The van der Waals surface area contributed by atoms with Crippen LogP contribution in [0.15, 0.2) is 23.6 Å². The van der Waals surface area contributed by atoms with E-state index >= 15 is 0 Å². The summed E-state index contributed by atoms with van der Waals surface area (Å²) in [5.74, 6) is -0.0193. The Morgan fingerprint density at radius 1 is 1.50 bits per heavy atom. The van der Waals surface area contributed by atoms with E-state index in [4.69, 9.17) is 5.73 Å². The number of aromatic nitrogens is 1. The minimum Gasteiger partial charge on any atom is -0.398 e. The van der Waals surface area contributed by atoms with E-state index in [2.05, 4.69) is 10.3 Å². The normalized spacial score (nSPS) is 10.3. The number of hydrogen-bond acceptors (Lipinski definition) is 5. The van der Waals surface area contributed by atoms with Crippen molar-refractivity contribution in [1.29, 1.82) is 0 Å². The van der Waals surface area contributed by atoms with Crippen molar-refractivity contribution >= 4 is 28.5 Å². The fourth-order valence-corrected chi connectivity index (χ4v) is 2.29. The Morgan fingerprint density at radius 2 is 2.28 bits per heavy atom. The fraction of sp³-hybridized carbons (Fsp3) is 0.231. The van der Waals surface area contributed by atoms with Gasteiger partial charge in [0, 0.05) is 22.3 Å². The molecule has 0 bridgehead atoms. The molecule has 0 aliphatic rings. The van der Waals surface area contributed by atoms with E-state index in [9.17, 15) is 4.79 Å². The molecule has 4 nitrogen and oxygen atoms in total. The third-order valence-electron chi connectivity index (χ3n) is 2.57. The molecule has 94 valence electrons. The maximum atomic E-state index is 11.3. The number of carbonyl (C=O) groups is 1. The van der Waals surface area contributed by atoms with Gasteiger partial charge in [-0.05, 0) is 32.0 Å². The van der Waals surface area contributed by atoms with Gasteiger partial charge in [0.1, 0.15) is 0 Å². The second-order valence-electron chi connectivity index (χ2n) is 4.07. The molecule has 0 saturated carbocycles. The zero-order valence-corrected chi connectivity index (χ0v) is 11.2. The molecule has 1 heterocycles. The molecule has 1 aromatic carbocycles. The number of Topliss-reactive ketones (excluding diaryl/α,β-unsaturated/α-hetero) is 1. The van der Waals surface area contributed by atoms with Crippen molar-refractivity contribution in [2.45, 2.75) is 20.4 Å². The zero-order valence-electron chi connectivity index (χ0n) is 10.4. The number of carbonyl (C=O) groups excluding carboxylic acids is 1. The van der Waals surface area contributed by atoms with Crippen LogP contribution in [0.4, 0.5) is 11.4 Å². The number of nitrogens with two attached hydrogens (primary N) is 1. The van der Waals surface area contributed by atoms with E-state index in [1.807, 2.05) is 18.4 Å². The van der Waals surface area contributed by atoms with Crippen LogP contribution in [-0.2, 0) is 6.54 Å². The molecule has 0 radical (unpaired) electrons. The molecule has 0 atom stereocenters. The molecular formula is C13H15N3OS. The highest BCUT2D eigenvalue weighted by Crippen LogP contribution is 2.19. The Hall–Kier alpha value is -1.88. The minimum atomic E-state index is -0.0193. The summed E-state index contributed by atoms with van der Waals surface area (Å²) in [4.78, 5) is 15.6. The number of nitrogens with zero attached hydrogens (tertiary/aromatic N) is 1. The smallest absolute Gasteiger partial charge is 0.161 e. The predicted molar refractivity (Wildman–Crippen MR) is 75.0 cm³/mol. The first kappa shape index (κ1) is 12.6. The van der Waals surface area contributed by atoms with E-state index in [-0.39, 0.29) is 5.78 Å². The van der Waals surface area contributed by atoms with Crippen molar-refractivity contribution in [2.24, 2.45) is 0 Å². The van der Waals surface area contributed by atoms with Crippen LogP contribution in [-0.4, -0.2) is 10.8 Å². The first-order valence-corrected chi connectivity index (χ1v) is 6.49. The standard InChI is InChI=1S/C13H15N3OS/c1-8(17)12-4-3-10(5-13(12)14)15-6-11-7-18-9(2)16-11/h3-5,7,15H,6,14H2,1-2H3. The van der Waals surface area contributed by atoms with Crippen molar-refractivity contribution in [3.63, 3.8) is 0 Å². The van der Waals surface area contributed by atoms with Crippen molar-refractivity contribution in [3.8, 4) is 0 Å². The third-order valence-corrected chi connectivity index (χ3v) is 3.39. The van der Waals surface area contributed by atoms with Crippen molar-refractivity contribution in [2.75, 3.05) is 11.1 Å². The molecule has 1 aromatic heterocycles. The van der Waals surface area contributed by atoms with Crippen LogP contribution in [0.1, 0.15) is 28.0 Å². The van der Waals surface area contributed by atoms with Crippen LogP contribution >= 0.6 is 11.3 Å². The van der Waals surface area contributed by atoms with E-state index in [0.717, 1.165) is 16.4 Å². The lowest BCUT2D eigenvalue weighted by Crippen LogP contribution is -2.03. The topological polar surface area (TPSA) is 68.0 Å². The molecule has 0 aliphatic heterocycles.